The summed E-state index contributed by atoms with van der Waals surface area (Å²) in [5, 5.41) is 0. The first-order valence-corrected chi connectivity index (χ1v) is 12.0. The lowest BCUT2D eigenvalue weighted by molar-refractivity contribution is -0.146. The van der Waals surface area contributed by atoms with E-state index in [9.17, 15) is 9.59 Å². The maximum atomic E-state index is 11.5. The van der Waals surface area contributed by atoms with Gasteiger partial charge in [0.15, 0.2) is 0 Å². The molecule has 7 heteroatoms. The van der Waals surface area contributed by atoms with Crippen LogP contribution in [0.3, 0.4) is 0 Å². The molecule has 0 bridgehead atoms. The van der Waals surface area contributed by atoms with E-state index >= 15 is 0 Å². The lowest BCUT2D eigenvalue weighted by Gasteiger charge is -2.08. The highest BCUT2D eigenvalue weighted by Gasteiger charge is 2.04. The molecule has 0 atom stereocenters. The predicted molar refractivity (Wildman–Crippen MR) is 121 cm³/mol. The molecule has 0 rings (SSSR count). The second-order valence-electron chi connectivity index (χ2n) is 8.56. The fourth-order valence-corrected chi connectivity index (χ4v) is 2.76. The minimum atomic E-state index is -0.155. The van der Waals surface area contributed by atoms with Crippen molar-refractivity contribution in [3.05, 3.63) is 0 Å². The van der Waals surface area contributed by atoms with Crippen molar-refractivity contribution in [2.75, 3.05) is 52.9 Å². The SMILES string of the molecule is CC(C)CCCCC(=O)OCCOCCOCCOCCOC(=O)CCCCC(C)C. The summed E-state index contributed by atoms with van der Waals surface area (Å²) in [6.45, 7) is 11.8. The van der Waals surface area contributed by atoms with Crippen LogP contribution in [0.25, 0.3) is 0 Å². The van der Waals surface area contributed by atoms with Crippen LogP contribution in [0.1, 0.15) is 79.1 Å². The van der Waals surface area contributed by atoms with E-state index in [4.69, 9.17) is 23.7 Å². The molecule has 184 valence electrons. The third-order valence-corrected chi connectivity index (χ3v) is 4.55. The van der Waals surface area contributed by atoms with E-state index in [0.29, 0.717) is 64.3 Å². The van der Waals surface area contributed by atoms with Gasteiger partial charge in [-0.05, 0) is 24.7 Å². The van der Waals surface area contributed by atoms with Crippen molar-refractivity contribution in [2.45, 2.75) is 79.1 Å². The fraction of sp³-hybridized carbons (Fsp3) is 0.917. The van der Waals surface area contributed by atoms with Crippen molar-refractivity contribution in [1.82, 2.24) is 0 Å². The molecule has 7 nitrogen and oxygen atoms in total. The first-order chi connectivity index (χ1) is 14.9. The summed E-state index contributed by atoms with van der Waals surface area (Å²) < 4.78 is 26.4. The second-order valence-corrected chi connectivity index (χ2v) is 8.56. The first-order valence-electron chi connectivity index (χ1n) is 12.0. The van der Waals surface area contributed by atoms with Gasteiger partial charge in [-0.3, -0.25) is 9.59 Å². The monoisotopic (exact) mass is 446 g/mol. The zero-order chi connectivity index (χ0) is 23.2. The van der Waals surface area contributed by atoms with Crippen molar-refractivity contribution >= 4 is 11.9 Å². The van der Waals surface area contributed by atoms with E-state index in [1.54, 1.807) is 0 Å². The van der Waals surface area contributed by atoms with E-state index in [1.807, 2.05) is 0 Å². The van der Waals surface area contributed by atoms with Crippen molar-refractivity contribution in [3.8, 4) is 0 Å². The van der Waals surface area contributed by atoms with E-state index in [2.05, 4.69) is 27.7 Å². The second kappa shape index (κ2) is 22.0. The minimum Gasteiger partial charge on any atom is -0.463 e. The summed E-state index contributed by atoms with van der Waals surface area (Å²) in [5.74, 6) is 1.05. The average Bonchev–Trinajstić information content (AvgIpc) is 2.71. The van der Waals surface area contributed by atoms with Crippen LogP contribution in [0, 0.1) is 11.8 Å². The van der Waals surface area contributed by atoms with Gasteiger partial charge in [0.05, 0.1) is 39.6 Å². The van der Waals surface area contributed by atoms with Crippen molar-refractivity contribution in [3.63, 3.8) is 0 Å². The van der Waals surface area contributed by atoms with Crippen molar-refractivity contribution < 1.29 is 33.3 Å². The molecule has 0 aromatic heterocycles. The molecule has 0 aliphatic rings. The number of carbonyl (C=O) groups excluding carboxylic acids is 2. The number of carbonyl (C=O) groups is 2. The predicted octanol–water partition coefficient (Wildman–Crippen LogP) is 4.56. The molecule has 0 spiro atoms. The number of rotatable bonds is 22. The number of hydrogen-bond donors (Lipinski definition) is 0. The Morgan fingerprint density at radius 2 is 0.839 bits per heavy atom. The zero-order valence-electron chi connectivity index (χ0n) is 20.3. The highest BCUT2D eigenvalue weighted by molar-refractivity contribution is 5.69. The van der Waals surface area contributed by atoms with Crippen LogP contribution in [0.4, 0.5) is 0 Å². The maximum absolute atomic E-state index is 11.5. The van der Waals surface area contributed by atoms with Gasteiger partial charge in [0, 0.05) is 12.8 Å². The Balaban J connectivity index is 3.23. The normalized spacial score (nSPS) is 11.3. The van der Waals surface area contributed by atoms with Crippen LogP contribution < -0.4 is 0 Å². The zero-order valence-corrected chi connectivity index (χ0v) is 20.3. The molecule has 0 aromatic carbocycles. The molecule has 0 saturated heterocycles. The summed E-state index contributed by atoms with van der Waals surface area (Å²) in [4.78, 5) is 23.1. The van der Waals surface area contributed by atoms with E-state index < -0.39 is 0 Å². The van der Waals surface area contributed by atoms with Crippen LogP contribution in [0.5, 0.6) is 0 Å². The van der Waals surface area contributed by atoms with Gasteiger partial charge in [0.2, 0.25) is 0 Å². The minimum absolute atomic E-state index is 0.155. The fourth-order valence-electron chi connectivity index (χ4n) is 2.76. The molecule has 0 aromatic rings. The Morgan fingerprint density at radius 1 is 0.516 bits per heavy atom. The van der Waals surface area contributed by atoms with Gasteiger partial charge in [0.25, 0.3) is 0 Å². The molecule has 0 aliphatic carbocycles. The number of hydrogen-bond acceptors (Lipinski definition) is 7. The lowest BCUT2D eigenvalue weighted by Crippen LogP contribution is -2.15. The van der Waals surface area contributed by atoms with Gasteiger partial charge in [-0.1, -0.05) is 53.4 Å². The van der Waals surface area contributed by atoms with Gasteiger partial charge >= 0.3 is 11.9 Å². The van der Waals surface area contributed by atoms with Gasteiger partial charge in [-0.2, -0.15) is 0 Å². The summed E-state index contributed by atoms with van der Waals surface area (Å²) in [5.41, 5.74) is 0. The number of unbranched alkanes of at least 4 members (excludes halogenated alkanes) is 2. The van der Waals surface area contributed by atoms with E-state index in [0.717, 1.165) is 38.5 Å². The molecular weight excluding hydrogens is 400 g/mol. The summed E-state index contributed by atoms with van der Waals surface area (Å²) in [6, 6.07) is 0. The third-order valence-electron chi connectivity index (χ3n) is 4.55. The molecule has 0 amide bonds. The lowest BCUT2D eigenvalue weighted by atomic mass is 10.1. The average molecular weight is 447 g/mol. The molecule has 0 fully saturated rings. The Morgan fingerprint density at radius 3 is 1.16 bits per heavy atom. The maximum Gasteiger partial charge on any atom is 0.305 e. The smallest absolute Gasteiger partial charge is 0.305 e. The van der Waals surface area contributed by atoms with E-state index in [1.165, 1.54) is 0 Å². The van der Waals surface area contributed by atoms with Gasteiger partial charge in [-0.25, -0.2) is 0 Å². The van der Waals surface area contributed by atoms with Crippen molar-refractivity contribution in [2.24, 2.45) is 11.8 Å². The molecule has 0 aliphatic heterocycles. The van der Waals surface area contributed by atoms with Gasteiger partial charge in [-0.15, -0.1) is 0 Å². The summed E-state index contributed by atoms with van der Waals surface area (Å²) >= 11 is 0. The molecule has 0 unspecified atom stereocenters. The first kappa shape index (κ1) is 29.8. The largest absolute Gasteiger partial charge is 0.463 e. The van der Waals surface area contributed by atoms with Gasteiger partial charge < -0.3 is 23.7 Å². The van der Waals surface area contributed by atoms with Crippen LogP contribution in [0.2, 0.25) is 0 Å². The Labute approximate surface area is 189 Å². The van der Waals surface area contributed by atoms with Crippen LogP contribution >= 0.6 is 0 Å². The Kier molecular flexibility index (Phi) is 21.2. The summed E-state index contributed by atoms with van der Waals surface area (Å²) in [7, 11) is 0. The molecule has 31 heavy (non-hydrogen) atoms. The van der Waals surface area contributed by atoms with E-state index in [-0.39, 0.29) is 25.2 Å². The van der Waals surface area contributed by atoms with Crippen molar-refractivity contribution in [1.29, 1.82) is 0 Å². The molecule has 0 saturated carbocycles. The van der Waals surface area contributed by atoms with Crippen LogP contribution in [0.15, 0.2) is 0 Å². The number of esters is 2. The quantitative estimate of drug-likeness (QED) is 0.178. The third kappa shape index (κ3) is 25.0. The molecule has 0 heterocycles. The topological polar surface area (TPSA) is 80.3 Å². The highest BCUT2D eigenvalue weighted by atomic mass is 16.6. The Bertz CT molecular complexity index is 386. The summed E-state index contributed by atoms with van der Waals surface area (Å²) in [6.07, 6.45) is 7.15. The standard InChI is InChI=1S/C24H46O7/c1-21(2)9-5-7-11-23(25)30-19-17-28-15-13-27-14-16-29-18-20-31-24(26)12-8-6-10-22(3)4/h21-22H,5-20H2,1-4H3. The molecule has 0 radical (unpaired) electrons. The molecular formula is C24H46O7. The highest BCUT2D eigenvalue weighted by Crippen LogP contribution is 2.09. The Hall–Kier alpha value is -1.18. The van der Waals surface area contributed by atoms with Crippen LogP contribution in [-0.4, -0.2) is 64.8 Å². The molecule has 0 N–H and O–H groups in total. The van der Waals surface area contributed by atoms with Crippen LogP contribution in [-0.2, 0) is 33.3 Å². The number of ether oxygens (including phenoxy) is 5. The van der Waals surface area contributed by atoms with Gasteiger partial charge in [0.1, 0.15) is 13.2 Å².